The van der Waals surface area contributed by atoms with Crippen LogP contribution in [0.1, 0.15) is 36.3 Å². The van der Waals surface area contributed by atoms with Crippen LogP contribution in [0.15, 0.2) is 30.3 Å². The standard InChI is InChI=1S/C19H16F3N3O2/c1-9(11-4-3-5-12(17(11)20)18(21)22)23-19-13-6-15-16(27-8-26-15)7-14(13)24-10(2)25-19/h3-7,9,18H,8H2,1-2H3,(H,23,24,25)/t9-/m1/s1. The van der Waals surface area contributed by atoms with E-state index in [1.165, 1.54) is 12.1 Å². The van der Waals surface area contributed by atoms with Gasteiger partial charge in [0.05, 0.1) is 17.1 Å². The molecule has 0 fully saturated rings. The van der Waals surface area contributed by atoms with Crippen LogP contribution in [0, 0.1) is 12.7 Å². The van der Waals surface area contributed by atoms with E-state index >= 15 is 0 Å². The van der Waals surface area contributed by atoms with Crippen molar-refractivity contribution in [2.24, 2.45) is 0 Å². The molecule has 0 amide bonds. The molecule has 2 aromatic carbocycles. The Balaban J connectivity index is 1.74. The number of hydrogen-bond acceptors (Lipinski definition) is 5. The molecule has 8 heteroatoms. The van der Waals surface area contributed by atoms with Crippen LogP contribution >= 0.6 is 0 Å². The van der Waals surface area contributed by atoms with Gasteiger partial charge in [0, 0.05) is 17.0 Å². The van der Waals surface area contributed by atoms with E-state index in [1.54, 1.807) is 26.0 Å². The number of nitrogens with one attached hydrogen (secondary N) is 1. The first-order chi connectivity index (χ1) is 12.9. The number of fused-ring (bicyclic) bond motifs is 2. The molecule has 1 aliphatic rings. The van der Waals surface area contributed by atoms with Crippen molar-refractivity contribution in [2.75, 3.05) is 12.1 Å². The first-order valence-electron chi connectivity index (χ1n) is 8.35. The summed E-state index contributed by atoms with van der Waals surface area (Å²) in [4.78, 5) is 8.78. The third-order valence-corrected chi connectivity index (χ3v) is 4.42. The molecule has 1 aliphatic heterocycles. The monoisotopic (exact) mass is 375 g/mol. The average Bonchev–Trinajstić information content (AvgIpc) is 3.07. The molecular formula is C19H16F3N3O2. The lowest BCUT2D eigenvalue weighted by molar-refractivity contribution is 0.146. The predicted molar refractivity (Wildman–Crippen MR) is 93.8 cm³/mol. The van der Waals surface area contributed by atoms with E-state index in [-0.39, 0.29) is 12.4 Å². The molecule has 1 aromatic heterocycles. The van der Waals surface area contributed by atoms with Gasteiger partial charge in [-0.3, -0.25) is 0 Å². The van der Waals surface area contributed by atoms with Crippen molar-refractivity contribution in [3.63, 3.8) is 0 Å². The highest BCUT2D eigenvalue weighted by atomic mass is 19.3. The molecule has 0 spiro atoms. The van der Waals surface area contributed by atoms with E-state index in [1.807, 2.05) is 0 Å². The van der Waals surface area contributed by atoms with Crippen LogP contribution in [0.2, 0.25) is 0 Å². The normalized spacial score (nSPS) is 14.0. The number of alkyl halides is 2. The molecule has 27 heavy (non-hydrogen) atoms. The maximum Gasteiger partial charge on any atom is 0.266 e. The largest absolute Gasteiger partial charge is 0.454 e. The van der Waals surface area contributed by atoms with E-state index in [4.69, 9.17) is 9.47 Å². The number of aryl methyl sites for hydroxylation is 1. The Kier molecular flexibility index (Phi) is 4.25. The fraction of sp³-hybridized carbons (Fsp3) is 0.263. The highest BCUT2D eigenvalue weighted by Crippen LogP contribution is 2.38. The number of benzene rings is 2. The molecule has 0 radical (unpaired) electrons. The van der Waals surface area contributed by atoms with E-state index in [9.17, 15) is 13.2 Å². The number of hydrogen-bond donors (Lipinski definition) is 1. The van der Waals surface area contributed by atoms with E-state index < -0.39 is 23.8 Å². The summed E-state index contributed by atoms with van der Waals surface area (Å²) in [7, 11) is 0. The van der Waals surface area contributed by atoms with Gasteiger partial charge in [0.2, 0.25) is 6.79 Å². The zero-order chi connectivity index (χ0) is 19.1. The molecule has 0 saturated carbocycles. The van der Waals surface area contributed by atoms with Crippen molar-refractivity contribution in [3.8, 4) is 11.5 Å². The summed E-state index contributed by atoms with van der Waals surface area (Å²) < 4.78 is 51.2. The van der Waals surface area contributed by atoms with Crippen LogP contribution in [-0.2, 0) is 0 Å². The van der Waals surface area contributed by atoms with Gasteiger partial charge in [0.1, 0.15) is 17.5 Å². The van der Waals surface area contributed by atoms with Gasteiger partial charge in [-0.1, -0.05) is 18.2 Å². The minimum Gasteiger partial charge on any atom is -0.454 e. The Bertz CT molecular complexity index is 1030. The quantitative estimate of drug-likeness (QED) is 0.702. The third-order valence-electron chi connectivity index (χ3n) is 4.42. The van der Waals surface area contributed by atoms with Crippen molar-refractivity contribution < 1.29 is 22.6 Å². The van der Waals surface area contributed by atoms with Crippen molar-refractivity contribution in [3.05, 3.63) is 53.1 Å². The van der Waals surface area contributed by atoms with Gasteiger partial charge >= 0.3 is 0 Å². The summed E-state index contributed by atoms with van der Waals surface area (Å²) in [5, 5.41) is 3.78. The molecule has 140 valence electrons. The lowest BCUT2D eigenvalue weighted by Gasteiger charge is -2.18. The zero-order valence-corrected chi connectivity index (χ0v) is 14.6. The first kappa shape index (κ1) is 17.4. The van der Waals surface area contributed by atoms with Gasteiger partial charge in [0.25, 0.3) is 6.43 Å². The number of anilines is 1. The molecule has 0 saturated heterocycles. The molecule has 3 aromatic rings. The summed E-state index contributed by atoms with van der Waals surface area (Å²) in [6.45, 7) is 3.55. The number of nitrogens with zero attached hydrogens (tertiary/aromatic N) is 2. The lowest BCUT2D eigenvalue weighted by Crippen LogP contribution is -2.12. The summed E-state index contributed by atoms with van der Waals surface area (Å²) in [6.07, 6.45) is -2.88. The lowest BCUT2D eigenvalue weighted by atomic mass is 10.0. The van der Waals surface area contributed by atoms with Crippen molar-refractivity contribution in [1.82, 2.24) is 9.97 Å². The minimum atomic E-state index is -2.88. The summed E-state index contributed by atoms with van der Waals surface area (Å²) in [5.41, 5.74) is 0.162. The van der Waals surface area contributed by atoms with Gasteiger partial charge in [-0.25, -0.2) is 23.1 Å². The Labute approximate surface area is 153 Å². The summed E-state index contributed by atoms with van der Waals surface area (Å²) >= 11 is 0. The molecular weight excluding hydrogens is 359 g/mol. The SMILES string of the molecule is Cc1nc(N[C@H](C)c2cccc(C(F)F)c2F)c2cc3c(cc2n1)OCO3. The predicted octanol–water partition coefficient (Wildman–Crippen LogP) is 4.92. The maximum atomic E-state index is 14.5. The Morgan fingerprint density at radius 3 is 2.52 bits per heavy atom. The first-order valence-corrected chi connectivity index (χ1v) is 8.35. The summed E-state index contributed by atoms with van der Waals surface area (Å²) in [5.74, 6) is 1.22. The minimum absolute atomic E-state index is 0.128. The van der Waals surface area contributed by atoms with Crippen molar-refractivity contribution in [1.29, 1.82) is 0 Å². The molecule has 2 heterocycles. The third kappa shape index (κ3) is 3.11. The van der Waals surface area contributed by atoms with Crippen LogP contribution in [0.25, 0.3) is 10.9 Å². The van der Waals surface area contributed by atoms with E-state index in [0.29, 0.717) is 34.0 Å². The number of rotatable bonds is 4. The Hall–Kier alpha value is -3.03. The number of ether oxygens (including phenoxy) is 2. The molecule has 4 rings (SSSR count). The molecule has 0 aliphatic carbocycles. The van der Waals surface area contributed by atoms with Crippen LogP contribution in [0.4, 0.5) is 19.0 Å². The highest BCUT2D eigenvalue weighted by molar-refractivity contribution is 5.92. The Morgan fingerprint density at radius 1 is 1.07 bits per heavy atom. The van der Waals surface area contributed by atoms with Gasteiger partial charge in [-0.2, -0.15) is 0 Å². The van der Waals surface area contributed by atoms with E-state index in [2.05, 4.69) is 15.3 Å². The molecule has 0 bridgehead atoms. The number of aromatic nitrogens is 2. The van der Waals surface area contributed by atoms with Gasteiger partial charge in [0.15, 0.2) is 11.5 Å². The molecule has 5 nitrogen and oxygen atoms in total. The highest BCUT2D eigenvalue weighted by Gasteiger charge is 2.21. The second-order valence-corrected chi connectivity index (χ2v) is 6.26. The van der Waals surface area contributed by atoms with Crippen molar-refractivity contribution >= 4 is 16.7 Å². The molecule has 0 unspecified atom stereocenters. The number of halogens is 3. The second-order valence-electron chi connectivity index (χ2n) is 6.26. The van der Waals surface area contributed by atoms with Crippen LogP contribution < -0.4 is 14.8 Å². The maximum absolute atomic E-state index is 14.5. The fourth-order valence-corrected chi connectivity index (χ4v) is 3.10. The Morgan fingerprint density at radius 2 is 1.78 bits per heavy atom. The van der Waals surface area contributed by atoms with Crippen LogP contribution in [0.3, 0.4) is 0 Å². The molecule has 1 N–H and O–H groups in total. The summed E-state index contributed by atoms with van der Waals surface area (Å²) in [6, 6.07) is 6.88. The smallest absolute Gasteiger partial charge is 0.266 e. The van der Waals surface area contributed by atoms with Gasteiger partial charge < -0.3 is 14.8 Å². The van der Waals surface area contributed by atoms with Crippen molar-refractivity contribution in [2.45, 2.75) is 26.3 Å². The molecule has 1 atom stereocenters. The zero-order valence-electron chi connectivity index (χ0n) is 14.6. The average molecular weight is 375 g/mol. The van der Waals surface area contributed by atoms with Crippen LogP contribution in [-0.4, -0.2) is 16.8 Å². The van der Waals surface area contributed by atoms with Gasteiger partial charge in [-0.05, 0) is 19.9 Å². The second kappa shape index (κ2) is 6.61. The topological polar surface area (TPSA) is 56.3 Å². The fourth-order valence-electron chi connectivity index (χ4n) is 3.10. The van der Waals surface area contributed by atoms with Gasteiger partial charge in [-0.15, -0.1) is 0 Å². The van der Waals surface area contributed by atoms with Crippen LogP contribution in [0.5, 0.6) is 11.5 Å². The van der Waals surface area contributed by atoms with E-state index in [0.717, 1.165) is 6.07 Å².